The highest BCUT2D eigenvalue weighted by Gasteiger charge is 2.26. The molecule has 0 saturated carbocycles. The monoisotopic (exact) mass is 391 g/mol. The Bertz CT molecular complexity index is 992. The number of benzene rings is 2. The average Bonchev–Trinajstić information content (AvgIpc) is 3.14. The van der Waals surface area contributed by atoms with Crippen molar-refractivity contribution in [2.75, 3.05) is 0 Å². The van der Waals surface area contributed by atoms with Crippen LogP contribution >= 0.6 is 0 Å². The minimum Gasteiger partial charge on any atom is -0.480 e. The van der Waals surface area contributed by atoms with E-state index in [4.69, 9.17) is 0 Å². The Morgan fingerprint density at radius 2 is 1.72 bits per heavy atom. The van der Waals surface area contributed by atoms with E-state index in [0.717, 1.165) is 22.5 Å². The van der Waals surface area contributed by atoms with Crippen molar-refractivity contribution in [3.05, 3.63) is 83.2 Å². The molecule has 1 unspecified atom stereocenters. The van der Waals surface area contributed by atoms with Crippen molar-refractivity contribution in [3.8, 4) is 5.69 Å². The lowest BCUT2D eigenvalue weighted by Gasteiger charge is -2.16. The first-order valence-electron chi connectivity index (χ1n) is 9.59. The van der Waals surface area contributed by atoms with Crippen LogP contribution in [0.25, 0.3) is 5.69 Å². The number of hydrogen-bond donors (Lipinski definition) is 2. The number of carboxylic acids is 1. The van der Waals surface area contributed by atoms with Gasteiger partial charge in [-0.3, -0.25) is 4.79 Å². The molecule has 0 aliphatic rings. The normalized spacial score (nSPS) is 12.0. The molecule has 1 heterocycles. The molecule has 2 N–H and O–H groups in total. The molecule has 3 aromatic rings. The van der Waals surface area contributed by atoms with Crippen molar-refractivity contribution < 1.29 is 14.7 Å². The number of aliphatic carboxylic acids is 1. The molecule has 1 atom stereocenters. The molecule has 6 heteroatoms. The van der Waals surface area contributed by atoms with Crippen LogP contribution in [0, 0.1) is 6.92 Å². The summed E-state index contributed by atoms with van der Waals surface area (Å²) in [6.45, 7) is 5.97. The molecule has 150 valence electrons. The molecule has 3 rings (SSSR count). The zero-order chi connectivity index (χ0) is 21.0. The predicted octanol–water partition coefficient (Wildman–Crippen LogP) is 3.73. The lowest BCUT2D eigenvalue weighted by atomic mass is 10.0. The van der Waals surface area contributed by atoms with Gasteiger partial charge in [-0.1, -0.05) is 61.9 Å². The van der Waals surface area contributed by atoms with Gasteiger partial charge in [-0.05, 0) is 30.5 Å². The average molecular weight is 391 g/mol. The number of nitrogens with one attached hydrogen (secondary N) is 1. The minimum absolute atomic E-state index is 0.0250. The molecular formula is C23H25N3O3. The van der Waals surface area contributed by atoms with E-state index in [1.807, 2.05) is 75.4 Å². The molecule has 1 aromatic heterocycles. The second kappa shape index (κ2) is 8.73. The Hall–Kier alpha value is -3.41. The maximum Gasteiger partial charge on any atom is 0.326 e. The Labute approximate surface area is 170 Å². The number of carbonyl (C=O) groups excluding carboxylic acids is 1. The highest BCUT2D eigenvalue weighted by atomic mass is 16.4. The molecule has 0 aliphatic heterocycles. The van der Waals surface area contributed by atoms with Crippen LogP contribution in [0.2, 0.25) is 0 Å². The lowest BCUT2D eigenvalue weighted by Crippen LogP contribution is -2.42. The third-order valence-electron chi connectivity index (χ3n) is 4.76. The third-order valence-corrected chi connectivity index (χ3v) is 4.76. The molecule has 6 nitrogen and oxygen atoms in total. The molecular weight excluding hydrogens is 366 g/mol. The van der Waals surface area contributed by atoms with Crippen molar-refractivity contribution in [2.24, 2.45) is 0 Å². The van der Waals surface area contributed by atoms with Crippen LogP contribution in [0.5, 0.6) is 0 Å². The summed E-state index contributed by atoms with van der Waals surface area (Å²) in [5.74, 6) is -1.48. The van der Waals surface area contributed by atoms with Gasteiger partial charge in [0, 0.05) is 6.42 Å². The first kappa shape index (κ1) is 20.3. The van der Waals surface area contributed by atoms with Gasteiger partial charge in [-0.2, -0.15) is 5.10 Å². The van der Waals surface area contributed by atoms with Gasteiger partial charge in [0.1, 0.15) is 6.04 Å². The summed E-state index contributed by atoms with van der Waals surface area (Å²) in [6, 6.07) is 16.1. The SMILES string of the molecule is Cc1ccc(-n2ncc(C(=O)NC(Cc3ccccc3)C(=O)O)c2C(C)C)cc1. The van der Waals surface area contributed by atoms with Gasteiger partial charge in [0.15, 0.2) is 0 Å². The summed E-state index contributed by atoms with van der Waals surface area (Å²) < 4.78 is 1.74. The van der Waals surface area contributed by atoms with E-state index in [9.17, 15) is 14.7 Å². The van der Waals surface area contributed by atoms with Crippen molar-refractivity contribution in [1.29, 1.82) is 0 Å². The number of aryl methyl sites for hydroxylation is 1. The molecule has 2 aromatic carbocycles. The van der Waals surface area contributed by atoms with Gasteiger partial charge in [-0.15, -0.1) is 0 Å². The Balaban J connectivity index is 1.88. The molecule has 0 aliphatic carbocycles. The Morgan fingerprint density at radius 1 is 1.07 bits per heavy atom. The lowest BCUT2D eigenvalue weighted by molar-refractivity contribution is -0.139. The van der Waals surface area contributed by atoms with Gasteiger partial charge in [-0.25, -0.2) is 9.48 Å². The molecule has 29 heavy (non-hydrogen) atoms. The van der Waals surface area contributed by atoms with E-state index < -0.39 is 17.9 Å². The van der Waals surface area contributed by atoms with Gasteiger partial charge in [0.05, 0.1) is 23.1 Å². The second-order valence-corrected chi connectivity index (χ2v) is 7.40. The maximum absolute atomic E-state index is 12.9. The second-order valence-electron chi connectivity index (χ2n) is 7.40. The van der Waals surface area contributed by atoms with Crippen LogP contribution in [-0.2, 0) is 11.2 Å². The number of hydrogen-bond acceptors (Lipinski definition) is 3. The molecule has 0 spiro atoms. The summed E-state index contributed by atoms with van der Waals surface area (Å²) in [7, 11) is 0. The third kappa shape index (κ3) is 4.71. The van der Waals surface area contributed by atoms with Gasteiger partial charge >= 0.3 is 5.97 Å². The number of aromatic nitrogens is 2. The standard InChI is InChI=1S/C23H25N3O3/c1-15(2)21-19(14-24-26(21)18-11-9-16(3)10-12-18)22(27)25-20(23(28)29)13-17-7-5-4-6-8-17/h4-12,14-15,20H,13H2,1-3H3,(H,25,27)(H,28,29). The van der Waals surface area contributed by atoms with Crippen molar-refractivity contribution in [3.63, 3.8) is 0 Å². The van der Waals surface area contributed by atoms with Crippen LogP contribution in [0.15, 0.2) is 60.8 Å². The van der Waals surface area contributed by atoms with Crippen LogP contribution in [0.4, 0.5) is 0 Å². The van der Waals surface area contributed by atoms with E-state index in [0.29, 0.717) is 5.56 Å². The maximum atomic E-state index is 12.9. The van der Waals surface area contributed by atoms with Crippen LogP contribution in [0.1, 0.15) is 46.9 Å². The Kier molecular flexibility index (Phi) is 6.12. The zero-order valence-electron chi connectivity index (χ0n) is 16.8. The highest BCUT2D eigenvalue weighted by Crippen LogP contribution is 2.23. The molecule has 0 fully saturated rings. The number of nitrogens with zero attached hydrogens (tertiary/aromatic N) is 2. The fourth-order valence-electron chi connectivity index (χ4n) is 3.27. The van der Waals surface area contributed by atoms with Crippen LogP contribution in [0.3, 0.4) is 0 Å². The molecule has 0 bridgehead atoms. The van der Waals surface area contributed by atoms with E-state index in [2.05, 4.69) is 10.4 Å². The summed E-state index contributed by atoms with van der Waals surface area (Å²) in [4.78, 5) is 24.7. The molecule has 1 amide bonds. The van der Waals surface area contributed by atoms with Crippen molar-refractivity contribution in [2.45, 2.75) is 39.2 Å². The van der Waals surface area contributed by atoms with Gasteiger partial charge < -0.3 is 10.4 Å². The summed E-state index contributed by atoms with van der Waals surface area (Å²) in [5.41, 5.74) is 3.97. The van der Waals surface area contributed by atoms with Crippen LogP contribution in [-0.4, -0.2) is 32.8 Å². The van der Waals surface area contributed by atoms with E-state index in [1.54, 1.807) is 4.68 Å². The molecule has 0 saturated heterocycles. The number of carboxylic acid groups (broad SMARTS) is 1. The Morgan fingerprint density at radius 3 is 2.31 bits per heavy atom. The summed E-state index contributed by atoms with van der Waals surface area (Å²) in [5, 5.41) is 16.6. The fourth-order valence-corrected chi connectivity index (χ4v) is 3.27. The van der Waals surface area contributed by atoms with E-state index in [1.165, 1.54) is 6.20 Å². The molecule has 0 radical (unpaired) electrons. The van der Waals surface area contributed by atoms with Crippen molar-refractivity contribution >= 4 is 11.9 Å². The predicted molar refractivity (Wildman–Crippen MR) is 111 cm³/mol. The largest absolute Gasteiger partial charge is 0.480 e. The zero-order valence-corrected chi connectivity index (χ0v) is 16.8. The highest BCUT2D eigenvalue weighted by molar-refractivity contribution is 5.97. The van der Waals surface area contributed by atoms with Crippen LogP contribution < -0.4 is 5.32 Å². The van der Waals surface area contributed by atoms with Gasteiger partial charge in [0.2, 0.25) is 0 Å². The minimum atomic E-state index is -1.07. The fraction of sp³-hybridized carbons (Fsp3) is 0.261. The summed E-state index contributed by atoms with van der Waals surface area (Å²) >= 11 is 0. The number of carbonyl (C=O) groups is 2. The smallest absolute Gasteiger partial charge is 0.326 e. The number of rotatable bonds is 7. The number of amides is 1. The quantitative estimate of drug-likeness (QED) is 0.643. The topological polar surface area (TPSA) is 84.2 Å². The van der Waals surface area contributed by atoms with Crippen molar-refractivity contribution in [1.82, 2.24) is 15.1 Å². The van der Waals surface area contributed by atoms with E-state index >= 15 is 0 Å². The summed E-state index contributed by atoms with van der Waals surface area (Å²) in [6.07, 6.45) is 1.72. The first-order valence-corrected chi connectivity index (χ1v) is 9.59. The first-order chi connectivity index (χ1) is 13.9. The van der Waals surface area contributed by atoms with Gasteiger partial charge in [0.25, 0.3) is 5.91 Å². The van der Waals surface area contributed by atoms with E-state index in [-0.39, 0.29) is 12.3 Å².